The molecule has 1 atom stereocenters. The average molecular weight is 256 g/mol. The molecule has 1 aliphatic rings. The van der Waals surface area contributed by atoms with Crippen molar-refractivity contribution in [3.8, 4) is 0 Å². The Balaban J connectivity index is 2.07. The van der Waals surface area contributed by atoms with E-state index in [1.165, 1.54) is 25.1 Å². The Morgan fingerprint density at radius 1 is 1.76 bits per heavy atom. The minimum Gasteiger partial charge on any atom is -0.468 e. The summed E-state index contributed by atoms with van der Waals surface area (Å²) >= 11 is 1.43. The van der Waals surface area contributed by atoms with E-state index in [1.54, 1.807) is 13.2 Å². The second-order valence-corrected chi connectivity index (χ2v) is 5.00. The molecular formula is C11H16N2O3S. The molecule has 0 spiro atoms. The molecule has 1 aromatic heterocycles. The maximum Gasteiger partial charge on any atom is 0.327 e. The maximum absolute atomic E-state index is 12.0. The lowest BCUT2D eigenvalue weighted by atomic mass is 9.96. The zero-order chi connectivity index (χ0) is 12.3. The maximum atomic E-state index is 12.0. The Hall–Kier alpha value is -1.01. The third kappa shape index (κ3) is 2.47. The van der Waals surface area contributed by atoms with Crippen LogP contribution in [0.4, 0.5) is 0 Å². The molecule has 5 nitrogen and oxygen atoms in total. The summed E-state index contributed by atoms with van der Waals surface area (Å²) in [6.07, 6.45) is 5.24. The van der Waals surface area contributed by atoms with E-state index >= 15 is 0 Å². The summed E-state index contributed by atoms with van der Waals surface area (Å²) in [7, 11) is 3.22. The molecule has 1 unspecified atom stereocenters. The monoisotopic (exact) mass is 256 g/mol. The van der Waals surface area contributed by atoms with Gasteiger partial charge in [-0.2, -0.15) is 0 Å². The number of nitrogens with one attached hydrogen (secondary N) is 1. The van der Waals surface area contributed by atoms with Gasteiger partial charge in [-0.1, -0.05) is 11.8 Å². The van der Waals surface area contributed by atoms with Crippen molar-refractivity contribution in [1.29, 1.82) is 0 Å². The molecule has 1 heterocycles. The van der Waals surface area contributed by atoms with Gasteiger partial charge in [-0.05, 0) is 25.8 Å². The van der Waals surface area contributed by atoms with E-state index in [0.29, 0.717) is 16.9 Å². The highest BCUT2D eigenvalue weighted by atomic mass is 32.2. The fourth-order valence-corrected chi connectivity index (χ4v) is 3.05. The van der Waals surface area contributed by atoms with Crippen LogP contribution in [0.15, 0.2) is 22.1 Å². The van der Waals surface area contributed by atoms with Gasteiger partial charge in [-0.25, -0.2) is 4.98 Å². The van der Waals surface area contributed by atoms with E-state index < -0.39 is 5.54 Å². The molecule has 0 aliphatic heterocycles. The first kappa shape index (κ1) is 12.4. The van der Waals surface area contributed by atoms with Crippen molar-refractivity contribution in [2.24, 2.45) is 5.92 Å². The first-order valence-corrected chi connectivity index (χ1v) is 6.51. The van der Waals surface area contributed by atoms with E-state index in [1.807, 2.05) is 0 Å². The normalized spacial score (nSPS) is 18.7. The molecule has 1 aromatic rings. The standard InChI is InChI=1S/C11H16N2O3S/c1-12-11(8-3-4-8,9(14)15-2)7-17-10-13-5-6-16-10/h5-6,8,12H,3-4,7H2,1-2H3. The van der Waals surface area contributed by atoms with Crippen molar-refractivity contribution in [2.45, 2.75) is 23.6 Å². The van der Waals surface area contributed by atoms with Crippen LogP contribution in [0.25, 0.3) is 0 Å². The van der Waals surface area contributed by atoms with E-state index in [-0.39, 0.29) is 5.97 Å². The topological polar surface area (TPSA) is 64.4 Å². The molecule has 0 aromatic carbocycles. The lowest BCUT2D eigenvalue weighted by Crippen LogP contribution is -2.55. The van der Waals surface area contributed by atoms with Crippen molar-refractivity contribution in [2.75, 3.05) is 19.9 Å². The number of carbonyl (C=O) groups excluding carboxylic acids is 1. The predicted octanol–water partition coefficient (Wildman–Crippen LogP) is 1.31. The number of hydrogen-bond acceptors (Lipinski definition) is 6. The van der Waals surface area contributed by atoms with Gasteiger partial charge in [0.25, 0.3) is 5.22 Å². The van der Waals surface area contributed by atoms with Crippen molar-refractivity contribution in [1.82, 2.24) is 10.3 Å². The highest BCUT2D eigenvalue weighted by Crippen LogP contribution is 2.42. The van der Waals surface area contributed by atoms with Crippen LogP contribution < -0.4 is 5.32 Å². The van der Waals surface area contributed by atoms with Crippen LogP contribution in [0.5, 0.6) is 0 Å². The van der Waals surface area contributed by atoms with E-state index in [9.17, 15) is 4.79 Å². The number of nitrogens with zero attached hydrogens (tertiary/aromatic N) is 1. The van der Waals surface area contributed by atoms with Crippen LogP contribution in [0.1, 0.15) is 12.8 Å². The van der Waals surface area contributed by atoms with Crippen LogP contribution in [0, 0.1) is 5.92 Å². The van der Waals surface area contributed by atoms with Gasteiger partial charge in [0.05, 0.1) is 13.3 Å². The van der Waals surface area contributed by atoms with Crippen LogP contribution in [-0.4, -0.2) is 36.4 Å². The molecule has 0 saturated heterocycles. The summed E-state index contributed by atoms with van der Waals surface area (Å²) in [5.41, 5.74) is -0.617. The van der Waals surface area contributed by atoms with Crippen molar-refractivity contribution < 1.29 is 13.9 Å². The molecule has 94 valence electrons. The van der Waals surface area contributed by atoms with E-state index in [4.69, 9.17) is 9.15 Å². The Labute approximate surface area is 104 Å². The summed E-state index contributed by atoms with van der Waals surface area (Å²) in [6.45, 7) is 0. The second kappa shape index (κ2) is 5.10. The molecule has 0 bridgehead atoms. The highest BCUT2D eigenvalue weighted by Gasteiger charge is 2.51. The number of ether oxygens (including phenoxy) is 1. The quantitative estimate of drug-likeness (QED) is 0.611. The van der Waals surface area contributed by atoms with Gasteiger partial charge in [0.15, 0.2) is 0 Å². The highest BCUT2D eigenvalue weighted by molar-refractivity contribution is 7.99. The molecule has 1 aliphatic carbocycles. The number of oxazole rings is 1. The summed E-state index contributed by atoms with van der Waals surface area (Å²) in [4.78, 5) is 16.0. The number of hydrogen-bond donors (Lipinski definition) is 1. The van der Waals surface area contributed by atoms with Crippen LogP contribution in [0.3, 0.4) is 0 Å². The number of aromatic nitrogens is 1. The molecule has 0 radical (unpaired) electrons. The molecular weight excluding hydrogens is 240 g/mol. The minimum atomic E-state index is -0.617. The number of thioether (sulfide) groups is 1. The van der Waals surface area contributed by atoms with Gasteiger partial charge in [-0.3, -0.25) is 4.79 Å². The number of likely N-dealkylation sites (N-methyl/N-ethyl adjacent to an activating group) is 1. The number of carbonyl (C=O) groups is 1. The predicted molar refractivity (Wildman–Crippen MR) is 63.8 cm³/mol. The molecule has 1 saturated carbocycles. The van der Waals surface area contributed by atoms with Gasteiger partial charge in [0.1, 0.15) is 11.8 Å². The third-order valence-electron chi connectivity index (χ3n) is 3.10. The summed E-state index contributed by atoms with van der Waals surface area (Å²) < 4.78 is 10.1. The lowest BCUT2D eigenvalue weighted by Gasteiger charge is -2.29. The minimum absolute atomic E-state index is 0.207. The smallest absolute Gasteiger partial charge is 0.327 e. The Bertz CT molecular complexity index is 378. The first-order chi connectivity index (χ1) is 8.23. The SMILES string of the molecule is CNC(CSc1ncco1)(C(=O)OC)C1CC1. The molecule has 17 heavy (non-hydrogen) atoms. The first-order valence-electron chi connectivity index (χ1n) is 5.52. The van der Waals surface area contributed by atoms with Gasteiger partial charge < -0.3 is 14.5 Å². The second-order valence-electron chi connectivity index (χ2n) is 4.07. The number of rotatable bonds is 6. The van der Waals surface area contributed by atoms with Crippen molar-refractivity contribution in [3.05, 3.63) is 12.5 Å². The largest absolute Gasteiger partial charge is 0.468 e. The Morgan fingerprint density at radius 2 is 2.53 bits per heavy atom. The molecule has 1 N–H and O–H groups in total. The van der Waals surface area contributed by atoms with Crippen molar-refractivity contribution >= 4 is 17.7 Å². The summed E-state index contributed by atoms with van der Waals surface area (Å²) in [5, 5.41) is 3.70. The molecule has 2 rings (SSSR count). The zero-order valence-electron chi connectivity index (χ0n) is 9.93. The summed E-state index contributed by atoms with van der Waals surface area (Å²) in [5.74, 6) is 0.713. The molecule has 0 amide bonds. The van der Waals surface area contributed by atoms with Crippen LogP contribution in [-0.2, 0) is 9.53 Å². The fraction of sp³-hybridized carbons (Fsp3) is 0.636. The van der Waals surface area contributed by atoms with Gasteiger partial charge >= 0.3 is 5.97 Å². The van der Waals surface area contributed by atoms with Gasteiger partial charge in [0.2, 0.25) is 0 Å². The molecule has 1 fully saturated rings. The Morgan fingerprint density at radius 3 is 3.00 bits per heavy atom. The molecule has 6 heteroatoms. The Kier molecular flexibility index (Phi) is 3.73. The summed E-state index contributed by atoms with van der Waals surface area (Å²) in [6, 6.07) is 0. The third-order valence-corrected chi connectivity index (χ3v) is 4.15. The zero-order valence-corrected chi connectivity index (χ0v) is 10.8. The van der Waals surface area contributed by atoms with E-state index in [0.717, 1.165) is 12.8 Å². The van der Waals surface area contributed by atoms with E-state index in [2.05, 4.69) is 10.3 Å². The fourth-order valence-electron chi connectivity index (χ4n) is 1.94. The van der Waals surface area contributed by atoms with Gasteiger partial charge in [0, 0.05) is 5.75 Å². The van der Waals surface area contributed by atoms with Crippen molar-refractivity contribution in [3.63, 3.8) is 0 Å². The lowest BCUT2D eigenvalue weighted by molar-refractivity contribution is -0.148. The van der Waals surface area contributed by atoms with Crippen LogP contribution in [0.2, 0.25) is 0 Å². The average Bonchev–Trinajstić information content (AvgIpc) is 3.07. The van der Waals surface area contributed by atoms with Gasteiger partial charge in [-0.15, -0.1) is 0 Å². The number of esters is 1. The number of methoxy groups -OCH3 is 1. The van der Waals surface area contributed by atoms with Crippen LogP contribution >= 0.6 is 11.8 Å².